The standard InChI is InChI=1S/C5H11Cl2N.Na.H3O4P/c1-8(4-2-6)5-3-7;;1-5(2,3)4/h2-5H2,1H3;;(H3,1,2,3,4)/q;+1;/p-1. The number of phosphoric acid groups is 1. The molecule has 0 aromatic heterocycles. The van der Waals surface area contributed by atoms with Crippen molar-refractivity contribution in [2.24, 2.45) is 0 Å². The van der Waals surface area contributed by atoms with Crippen LogP contribution in [0.5, 0.6) is 0 Å². The minimum atomic E-state index is -4.89. The molecule has 0 aliphatic carbocycles. The van der Waals surface area contributed by atoms with E-state index in [4.69, 9.17) is 42.4 Å². The van der Waals surface area contributed by atoms with Gasteiger partial charge in [0.15, 0.2) is 0 Å². The van der Waals surface area contributed by atoms with Gasteiger partial charge in [0.25, 0.3) is 7.82 Å². The van der Waals surface area contributed by atoms with Gasteiger partial charge in [-0.15, -0.1) is 23.2 Å². The van der Waals surface area contributed by atoms with Crippen molar-refractivity contribution in [3.8, 4) is 0 Å². The van der Waals surface area contributed by atoms with Gasteiger partial charge in [-0.05, 0) is 7.05 Å². The molecule has 0 heterocycles. The predicted octanol–water partition coefficient (Wildman–Crippen LogP) is -3.16. The van der Waals surface area contributed by atoms with Gasteiger partial charge in [0.2, 0.25) is 0 Å². The molecule has 0 aromatic carbocycles. The van der Waals surface area contributed by atoms with E-state index in [2.05, 4.69) is 4.90 Å². The van der Waals surface area contributed by atoms with Crippen molar-refractivity contribution in [3.05, 3.63) is 0 Å². The van der Waals surface area contributed by atoms with Gasteiger partial charge < -0.3 is 19.6 Å². The second kappa shape index (κ2) is 12.7. The van der Waals surface area contributed by atoms with E-state index in [1.54, 1.807) is 0 Å². The molecule has 82 valence electrons. The van der Waals surface area contributed by atoms with Crippen LogP contribution in [0, 0.1) is 0 Å². The number of nitrogens with zero attached hydrogens (tertiary/aromatic N) is 1. The molecule has 9 heteroatoms. The first-order valence-corrected chi connectivity index (χ1v) is 5.98. The van der Waals surface area contributed by atoms with Crippen LogP contribution in [0.1, 0.15) is 0 Å². The molecule has 0 aliphatic heterocycles. The van der Waals surface area contributed by atoms with E-state index in [9.17, 15) is 0 Å². The molecular weight excluding hydrogens is 263 g/mol. The Bertz CT molecular complexity index is 144. The fourth-order valence-electron chi connectivity index (χ4n) is 0.400. The first-order valence-electron chi connectivity index (χ1n) is 3.38. The topological polar surface area (TPSA) is 83.8 Å². The summed E-state index contributed by atoms with van der Waals surface area (Å²) in [6.45, 7) is 1.85. The van der Waals surface area contributed by atoms with E-state index < -0.39 is 7.82 Å². The average Bonchev–Trinajstić information content (AvgIpc) is 1.84. The van der Waals surface area contributed by atoms with Gasteiger partial charge in [-0.2, -0.15) is 0 Å². The Morgan fingerprint density at radius 1 is 1.29 bits per heavy atom. The second-order valence-electron chi connectivity index (χ2n) is 2.17. The van der Waals surface area contributed by atoms with Crippen LogP contribution < -0.4 is 34.5 Å². The van der Waals surface area contributed by atoms with Crippen molar-refractivity contribution in [1.29, 1.82) is 0 Å². The summed E-state index contributed by atoms with van der Waals surface area (Å²) in [5.41, 5.74) is 0. The Morgan fingerprint density at radius 3 is 1.64 bits per heavy atom. The zero-order chi connectivity index (χ0) is 10.9. The molecule has 0 aliphatic rings. The van der Waals surface area contributed by atoms with Gasteiger partial charge in [0.05, 0.1) is 0 Å². The monoisotopic (exact) mass is 275 g/mol. The summed E-state index contributed by atoms with van der Waals surface area (Å²) >= 11 is 10.9. The third kappa shape index (κ3) is 37.3. The molecule has 0 aromatic rings. The summed E-state index contributed by atoms with van der Waals surface area (Å²) in [4.78, 5) is 25.0. The Balaban J connectivity index is -0.000000177. The number of hydrogen-bond acceptors (Lipinski definition) is 3. The zero-order valence-corrected chi connectivity index (χ0v) is 12.6. The molecule has 0 saturated carbocycles. The first-order chi connectivity index (χ1) is 5.81. The summed E-state index contributed by atoms with van der Waals surface area (Å²) in [5, 5.41) is 0. The average molecular weight is 276 g/mol. The largest absolute Gasteiger partial charge is 1.00 e. The smallest absolute Gasteiger partial charge is 0.756 e. The third-order valence-electron chi connectivity index (χ3n) is 0.932. The van der Waals surface area contributed by atoms with Crippen molar-refractivity contribution in [2.75, 3.05) is 31.9 Å². The quantitative estimate of drug-likeness (QED) is 0.322. The maximum atomic E-state index is 8.77. The second-order valence-corrected chi connectivity index (χ2v) is 3.91. The number of halogens is 2. The minimum Gasteiger partial charge on any atom is -0.756 e. The van der Waals surface area contributed by atoms with Crippen LogP contribution in [0.25, 0.3) is 0 Å². The molecule has 14 heavy (non-hydrogen) atoms. The van der Waals surface area contributed by atoms with Crippen LogP contribution in [0.4, 0.5) is 0 Å². The van der Waals surface area contributed by atoms with Crippen molar-refractivity contribution in [3.63, 3.8) is 0 Å². The zero-order valence-electron chi connectivity index (χ0n) is 8.19. The fourth-order valence-corrected chi connectivity index (χ4v) is 0.977. The van der Waals surface area contributed by atoms with E-state index in [-0.39, 0.29) is 29.6 Å². The van der Waals surface area contributed by atoms with E-state index >= 15 is 0 Å². The van der Waals surface area contributed by atoms with Crippen molar-refractivity contribution in [2.45, 2.75) is 0 Å². The normalized spacial score (nSPS) is 10.2. The Hall–Kier alpha value is 1.65. The van der Waals surface area contributed by atoms with E-state index in [1.807, 2.05) is 7.05 Å². The summed E-state index contributed by atoms with van der Waals surface area (Å²) in [7, 11) is -2.88. The van der Waals surface area contributed by atoms with Gasteiger partial charge in [-0.25, -0.2) is 0 Å². The van der Waals surface area contributed by atoms with Crippen LogP contribution in [-0.4, -0.2) is 46.6 Å². The molecule has 2 N–H and O–H groups in total. The summed E-state index contributed by atoms with van der Waals surface area (Å²) in [6.07, 6.45) is 0. The van der Waals surface area contributed by atoms with Crippen LogP contribution in [-0.2, 0) is 4.57 Å². The van der Waals surface area contributed by atoms with Gasteiger partial charge >= 0.3 is 29.6 Å². The molecular formula is C5H13Cl2NNaO4P. The van der Waals surface area contributed by atoms with Crippen molar-refractivity contribution >= 4 is 31.0 Å². The maximum Gasteiger partial charge on any atom is 1.00 e. The molecule has 0 rings (SSSR count). The van der Waals surface area contributed by atoms with Gasteiger partial charge in [-0.3, -0.25) is 4.57 Å². The molecule has 0 amide bonds. The molecule has 0 bridgehead atoms. The Kier molecular flexibility index (Phi) is 19.1. The van der Waals surface area contributed by atoms with E-state index in [1.165, 1.54) is 0 Å². The predicted molar refractivity (Wildman–Crippen MR) is 51.0 cm³/mol. The molecule has 0 saturated heterocycles. The minimum absolute atomic E-state index is 0. The number of alkyl halides is 2. The molecule has 0 spiro atoms. The van der Waals surface area contributed by atoms with E-state index in [0.29, 0.717) is 11.8 Å². The van der Waals surface area contributed by atoms with Crippen LogP contribution in [0.15, 0.2) is 0 Å². The van der Waals surface area contributed by atoms with Crippen LogP contribution in [0.3, 0.4) is 0 Å². The van der Waals surface area contributed by atoms with Gasteiger partial charge in [-0.1, -0.05) is 0 Å². The SMILES string of the molecule is CN(CCCl)CCCl.O=P([O-])(O)O.[Na+]. The van der Waals surface area contributed by atoms with Crippen molar-refractivity contribution in [1.82, 2.24) is 4.90 Å². The van der Waals surface area contributed by atoms with Crippen LogP contribution >= 0.6 is 31.0 Å². The summed E-state index contributed by atoms with van der Waals surface area (Å²) in [5.74, 6) is 1.38. The molecule has 0 unspecified atom stereocenters. The maximum absolute atomic E-state index is 8.77. The molecule has 0 atom stereocenters. The Labute approximate surface area is 116 Å². The number of rotatable bonds is 4. The van der Waals surface area contributed by atoms with Gasteiger partial charge in [0, 0.05) is 24.8 Å². The Morgan fingerprint density at radius 2 is 1.50 bits per heavy atom. The van der Waals surface area contributed by atoms with Gasteiger partial charge in [0.1, 0.15) is 0 Å². The molecule has 5 nitrogen and oxygen atoms in total. The first kappa shape index (κ1) is 21.0. The van der Waals surface area contributed by atoms with Crippen LogP contribution in [0.2, 0.25) is 0 Å². The summed E-state index contributed by atoms with van der Waals surface area (Å²) < 4.78 is 8.77. The third-order valence-corrected chi connectivity index (χ3v) is 1.27. The number of hydrogen-bond donors (Lipinski definition) is 2. The van der Waals surface area contributed by atoms with E-state index in [0.717, 1.165) is 13.1 Å². The molecule has 0 radical (unpaired) electrons. The summed E-state index contributed by atoms with van der Waals surface area (Å²) in [6, 6.07) is 0. The fraction of sp³-hybridized carbons (Fsp3) is 1.00. The van der Waals surface area contributed by atoms with Crippen molar-refractivity contribution < 1.29 is 48.8 Å². The molecule has 0 fully saturated rings.